The minimum atomic E-state index is -0.194. The number of carbonyl (C=O) groups is 1. The van der Waals surface area contributed by atoms with Crippen molar-refractivity contribution in [2.45, 2.75) is 32.1 Å². The first-order valence-electron chi connectivity index (χ1n) is 6.94. The van der Waals surface area contributed by atoms with Crippen LogP contribution in [-0.4, -0.2) is 15.9 Å². The van der Waals surface area contributed by atoms with Gasteiger partial charge in [-0.05, 0) is 31.4 Å². The molecule has 21 heavy (non-hydrogen) atoms. The van der Waals surface area contributed by atoms with E-state index in [1.54, 1.807) is 12.1 Å². The summed E-state index contributed by atoms with van der Waals surface area (Å²) in [6, 6.07) is 3.40. The quantitative estimate of drug-likeness (QED) is 0.583. The first kappa shape index (κ1) is 14.0. The normalized spacial score (nSPS) is 14.0. The third-order valence-electron chi connectivity index (χ3n) is 3.39. The second-order valence-corrected chi connectivity index (χ2v) is 5.89. The SMILES string of the molecule is CCc1cc(C(=O)Nc2nc(C3CC3)cs2)cc(NN)n1. The molecule has 0 saturated heterocycles. The highest BCUT2D eigenvalue weighted by Crippen LogP contribution is 2.40. The zero-order valence-electron chi connectivity index (χ0n) is 11.7. The third kappa shape index (κ3) is 3.20. The fraction of sp³-hybridized carbons (Fsp3) is 0.357. The van der Waals surface area contributed by atoms with Crippen LogP contribution in [0.25, 0.3) is 0 Å². The maximum atomic E-state index is 12.3. The van der Waals surface area contributed by atoms with E-state index in [2.05, 4.69) is 20.7 Å². The number of anilines is 2. The van der Waals surface area contributed by atoms with Gasteiger partial charge in [-0.15, -0.1) is 11.3 Å². The molecule has 1 amide bonds. The summed E-state index contributed by atoms with van der Waals surface area (Å²) in [5.41, 5.74) is 4.91. The molecule has 2 aromatic heterocycles. The second-order valence-electron chi connectivity index (χ2n) is 5.04. The number of pyridine rings is 1. The number of aryl methyl sites for hydroxylation is 1. The molecule has 1 aliphatic carbocycles. The molecule has 4 N–H and O–H groups in total. The van der Waals surface area contributed by atoms with E-state index in [1.165, 1.54) is 24.2 Å². The Morgan fingerprint density at radius 2 is 2.24 bits per heavy atom. The van der Waals surface area contributed by atoms with Gasteiger partial charge in [0.2, 0.25) is 0 Å². The number of amides is 1. The Bertz CT molecular complexity index is 643. The summed E-state index contributed by atoms with van der Waals surface area (Å²) in [5, 5.41) is 5.49. The summed E-state index contributed by atoms with van der Waals surface area (Å²) in [5.74, 6) is 6.26. The lowest BCUT2D eigenvalue weighted by atomic mass is 10.2. The van der Waals surface area contributed by atoms with Crippen LogP contribution in [0.4, 0.5) is 10.9 Å². The molecule has 0 atom stereocenters. The predicted molar refractivity (Wildman–Crippen MR) is 83.5 cm³/mol. The number of rotatable bonds is 5. The molecule has 7 heteroatoms. The van der Waals surface area contributed by atoms with Crippen LogP contribution in [0.1, 0.15) is 47.4 Å². The molecule has 0 aliphatic heterocycles. The van der Waals surface area contributed by atoms with Gasteiger partial charge in [0.05, 0.1) is 5.69 Å². The Balaban J connectivity index is 1.77. The molecule has 0 unspecified atom stereocenters. The van der Waals surface area contributed by atoms with E-state index >= 15 is 0 Å². The second kappa shape index (κ2) is 5.79. The van der Waals surface area contributed by atoms with Crippen molar-refractivity contribution >= 4 is 28.2 Å². The minimum absolute atomic E-state index is 0.194. The van der Waals surface area contributed by atoms with Crippen LogP contribution in [0, 0.1) is 0 Å². The number of aromatic nitrogens is 2. The lowest BCUT2D eigenvalue weighted by Crippen LogP contribution is -2.15. The first-order chi connectivity index (χ1) is 10.2. The van der Waals surface area contributed by atoms with Crippen molar-refractivity contribution in [3.63, 3.8) is 0 Å². The van der Waals surface area contributed by atoms with E-state index < -0.39 is 0 Å². The van der Waals surface area contributed by atoms with Gasteiger partial charge in [0.15, 0.2) is 5.13 Å². The van der Waals surface area contributed by atoms with Gasteiger partial charge >= 0.3 is 0 Å². The Morgan fingerprint density at radius 3 is 2.90 bits per heavy atom. The smallest absolute Gasteiger partial charge is 0.257 e. The molecular formula is C14H17N5OS. The van der Waals surface area contributed by atoms with E-state index in [-0.39, 0.29) is 5.91 Å². The van der Waals surface area contributed by atoms with Crippen LogP contribution in [0.5, 0.6) is 0 Å². The van der Waals surface area contributed by atoms with Crippen molar-refractivity contribution in [1.29, 1.82) is 0 Å². The fourth-order valence-electron chi connectivity index (χ4n) is 2.05. The standard InChI is InChI=1S/C14H17N5OS/c1-2-10-5-9(6-12(16-10)19-15)13(20)18-14-17-11(7-21-14)8-3-4-8/h5-8H,2-4,15H2,1H3,(H,16,19)(H,17,18,20). The van der Waals surface area contributed by atoms with Crippen molar-refractivity contribution in [3.05, 3.63) is 34.5 Å². The summed E-state index contributed by atoms with van der Waals surface area (Å²) in [4.78, 5) is 21.0. The molecule has 1 aliphatic rings. The minimum Gasteiger partial charge on any atom is -0.308 e. The van der Waals surface area contributed by atoms with Gasteiger partial charge in [-0.3, -0.25) is 10.1 Å². The van der Waals surface area contributed by atoms with Gasteiger partial charge in [0.1, 0.15) is 5.82 Å². The van der Waals surface area contributed by atoms with Gasteiger partial charge in [0, 0.05) is 22.6 Å². The first-order valence-corrected chi connectivity index (χ1v) is 7.82. The summed E-state index contributed by atoms with van der Waals surface area (Å²) < 4.78 is 0. The fourth-order valence-corrected chi connectivity index (χ4v) is 2.84. The maximum Gasteiger partial charge on any atom is 0.257 e. The number of hydrogen-bond acceptors (Lipinski definition) is 6. The molecule has 0 radical (unpaired) electrons. The highest BCUT2D eigenvalue weighted by Gasteiger charge is 2.26. The number of nitrogens with one attached hydrogen (secondary N) is 2. The molecule has 0 spiro atoms. The van der Waals surface area contributed by atoms with Crippen molar-refractivity contribution in [2.24, 2.45) is 5.84 Å². The Morgan fingerprint density at radius 1 is 1.43 bits per heavy atom. The molecule has 1 fully saturated rings. The number of hydrazine groups is 1. The summed E-state index contributed by atoms with van der Waals surface area (Å²) in [7, 11) is 0. The third-order valence-corrected chi connectivity index (χ3v) is 4.16. The predicted octanol–water partition coefficient (Wildman–Crippen LogP) is 2.52. The zero-order valence-corrected chi connectivity index (χ0v) is 12.5. The number of nitrogens with two attached hydrogens (primary N) is 1. The van der Waals surface area contributed by atoms with Crippen LogP contribution in [0.15, 0.2) is 17.5 Å². The van der Waals surface area contributed by atoms with Gasteiger partial charge in [-0.2, -0.15) is 0 Å². The lowest BCUT2D eigenvalue weighted by Gasteiger charge is -2.07. The monoisotopic (exact) mass is 303 g/mol. The molecule has 2 aromatic rings. The zero-order chi connectivity index (χ0) is 14.8. The van der Waals surface area contributed by atoms with Crippen molar-refractivity contribution < 1.29 is 4.79 Å². The van der Waals surface area contributed by atoms with Crippen LogP contribution in [-0.2, 0) is 6.42 Å². The highest BCUT2D eigenvalue weighted by atomic mass is 32.1. The molecule has 0 aromatic carbocycles. The van der Waals surface area contributed by atoms with Crippen molar-refractivity contribution in [1.82, 2.24) is 9.97 Å². The van der Waals surface area contributed by atoms with Gasteiger partial charge in [-0.1, -0.05) is 6.92 Å². The topological polar surface area (TPSA) is 92.9 Å². The highest BCUT2D eigenvalue weighted by molar-refractivity contribution is 7.14. The number of thiazole rings is 1. The van der Waals surface area contributed by atoms with Crippen molar-refractivity contribution in [2.75, 3.05) is 10.7 Å². The lowest BCUT2D eigenvalue weighted by molar-refractivity contribution is 0.102. The number of nitrogens with zero attached hydrogens (tertiary/aromatic N) is 2. The summed E-state index contributed by atoms with van der Waals surface area (Å²) >= 11 is 1.46. The molecule has 3 rings (SSSR count). The number of carbonyl (C=O) groups excluding carboxylic acids is 1. The van der Waals surface area contributed by atoms with Gasteiger partial charge in [0.25, 0.3) is 5.91 Å². The molecular weight excluding hydrogens is 286 g/mol. The largest absolute Gasteiger partial charge is 0.308 e. The van der Waals surface area contributed by atoms with E-state index in [1.807, 2.05) is 12.3 Å². The maximum absolute atomic E-state index is 12.3. The molecule has 6 nitrogen and oxygen atoms in total. The van der Waals surface area contributed by atoms with Crippen molar-refractivity contribution in [3.8, 4) is 0 Å². The van der Waals surface area contributed by atoms with Gasteiger partial charge in [-0.25, -0.2) is 15.8 Å². The van der Waals surface area contributed by atoms with E-state index in [4.69, 9.17) is 5.84 Å². The molecule has 0 bridgehead atoms. The number of nitrogen functional groups attached to an aromatic ring is 1. The van der Waals surface area contributed by atoms with E-state index in [0.29, 0.717) is 22.4 Å². The molecule has 1 saturated carbocycles. The molecule has 110 valence electrons. The number of hydrogen-bond donors (Lipinski definition) is 3. The van der Waals surface area contributed by atoms with Crippen LogP contribution < -0.4 is 16.6 Å². The average Bonchev–Trinajstić information content (AvgIpc) is 3.27. The van der Waals surface area contributed by atoms with Crippen LogP contribution in [0.2, 0.25) is 0 Å². The molecule has 2 heterocycles. The summed E-state index contributed by atoms with van der Waals surface area (Å²) in [6.07, 6.45) is 3.14. The van der Waals surface area contributed by atoms with Gasteiger partial charge < -0.3 is 5.43 Å². The van der Waals surface area contributed by atoms with Crippen LogP contribution in [0.3, 0.4) is 0 Å². The Labute approximate surface area is 126 Å². The average molecular weight is 303 g/mol. The van der Waals surface area contributed by atoms with E-state index in [9.17, 15) is 4.79 Å². The van der Waals surface area contributed by atoms with Crippen LogP contribution >= 0.6 is 11.3 Å². The summed E-state index contributed by atoms with van der Waals surface area (Å²) in [6.45, 7) is 1.98. The van der Waals surface area contributed by atoms with E-state index in [0.717, 1.165) is 17.8 Å². The Hall–Kier alpha value is -1.99. The Kier molecular flexibility index (Phi) is 3.85.